The highest BCUT2D eigenvalue weighted by Gasteiger charge is 2.39. The molecule has 2 heterocycles. The number of allylic oxidation sites excluding steroid dienone is 1. The van der Waals surface area contributed by atoms with Gasteiger partial charge in [-0.15, -0.1) is 5.10 Å². The van der Waals surface area contributed by atoms with Crippen LogP contribution in [0.2, 0.25) is 0 Å². The summed E-state index contributed by atoms with van der Waals surface area (Å²) in [5.41, 5.74) is 1.44. The second-order valence-corrected chi connectivity index (χ2v) is 6.03. The number of carbonyl (C=O) groups excluding carboxylic acids is 1. The van der Waals surface area contributed by atoms with Crippen LogP contribution in [-0.2, 0) is 16.6 Å². The summed E-state index contributed by atoms with van der Waals surface area (Å²) in [5.74, 6) is -1.14. The lowest BCUT2D eigenvalue weighted by molar-refractivity contribution is -0.128. The number of aryl methyl sites for hydroxylation is 1. The molecule has 1 saturated carbocycles. The van der Waals surface area contributed by atoms with Crippen molar-refractivity contribution in [3.8, 4) is 0 Å². The predicted octanol–water partition coefficient (Wildman–Crippen LogP) is 1.55. The first-order chi connectivity index (χ1) is 10.6. The average molecular weight is 308 g/mol. The topological polar surface area (TPSA) is 60.2 Å². The number of amides is 1. The number of methoxy groups -OCH3 is 1. The summed E-state index contributed by atoms with van der Waals surface area (Å²) >= 11 is 0. The minimum Gasteiger partial charge on any atom is -0.379 e. The van der Waals surface area contributed by atoms with E-state index >= 15 is 0 Å². The zero-order chi connectivity index (χ0) is 15.7. The highest BCUT2D eigenvalue weighted by Crippen LogP contribution is 2.32. The van der Waals surface area contributed by atoms with Gasteiger partial charge in [0.15, 0.2) is 5.83 Å². The maximum Gasteiger partial charge on any atom is 0.282 e. The van der Waals surface area contributed by atoms with Gasteiger partial charge in [-0.25, -0.2) is 4.39 Å². The van der Waals surface area contributed by atoms with Gasteiger partial charge in [-0.05, 0) is 31.3 Å². The van der Waals surface area contributed by atoms with Gasteiger partial charge in [0.25, 0.3) is 5.91 Å². The summed E-state index contributed by atoms with van der Waals surface area (Å²) in [6.07, 6.45) is 4.98. The summed E-state index contributed by atoms with van der Waals surface area (Å²) in [7, 11) is 3.40. The Labute approximate surface area is 128 Å². The number of hydrogen-bond donors (Lipinski definition) is 0. The molecule has 1 aliphatic carbocycles. The number of aromatic nitrogens is 3. The number of carbonyl (C=O) groups is 1. The zero-order valence-electron chi connectivity index (χ0n) is 13.0. The fourth-order valence-corrected chi connectivity index (χ4v) is 3.31. The third kappa shape index (κ3) is 2.77. The Morgan fingerprint density at radius 3 is 2.68 bits per heavy atom. The van der Waals surface area contributed by atoms with Gasteiger partial charge in [-0.1, -0.05) is 5.21 Å². The molecule has 1 aromatic heterocycles. The fraction of sp³-hybridized carbons (Fsp3) is 0.667. The Morgan fingerprint density at radius 2 is 2.09 bits per heavy atom. The maximum absolute atomic E-state index is 14.3. The molecule has 3 rings (SSSR count). The first-order valence-electron chi connectivity index (χ1n) is 7.66. The van der Waals surface area contributed by atoms with Crippen LogP contribution in [0.1, 0.15) is 37.3 Å². The van der Waals surface area contributed by atoms with Crippen molar-refractivity contribution < 1.29 is 13.9 Å². The van der Waals surface area contributed by atoms with Crippen LogP contribution in [0.4, 0.5) is 4.39 Å². The molecule has 0 spiro atoms. The zero-order valence-corrected chi connectivity index (χ0v) is 13.0. The number of halogens is 1. The van der Waals surface area contributed by atoms with Crippen LogP contribution >= 0.6 is 0 Å². The van der Waals surface area contributed by atoms with E-state index in [-0.39, 0.29) is 12.0 Å². The van der Waals surface area contributed by atoms with Crippen LogP contribution in [0.15, 0.2) is 17.6 Å². The Hall–Kier alpha value is -1.76. The van der Waals surface area contributed by atoms with Crippen molar-refractivity contribution in [3.05, 3.63) is 23.3 Å². The number of hydrogen-bond acceptors (Lipinski definition) is 4. The van der Waals surface area contributed by atoms with Crippen LogP contribution in [0, 0.1) is 0 Å². The van der Waals surface area contributed by atoms with Gasteiger partial charge in [0.1, 0.15) is 0 Å². The summed E-state index contributed by atoms with van der Waals surface area (Å²) in [4.78, 5) is 13.9. The molecule has 0 N–H and O–H groups in total. The number of nitrogens with zero attached hydrogens (tertiary/aromatic N) is 4. The second-order valence-electron chi connectivity index (χ2n) is 6.03. The number of rotatable bonds is 3. The lowest BCUT2D eigenvalue weighted by Gasteiger charge is -2.15. The quantitative estimate of drug-likeness (QED) is 0.795. The fourth-order valence-electron chi connectivity index (χ4n) is 3.31. The van der Waals surface area contributed by atoms with Crippen molar-refractivity contribution in [2.75, 3.05) is 20.2 Å². The lowest BCUT2D eigenvalue weighted by atomic mass is 10.0. The molecule has 1 aromatic rings. The Morgan fingerprint density at radius 1 is 1.36 bits per heavy atom. The van der Waals surface area contributed by atoms with E-state index in [4.69, 9.17) is 4.74 Å². The van der Waals surface area contributed by atoms with Crippen molar-refractivity contribution in [1.29, 1.82) is 0 Å². The minimum atomic E-state index is -0.563. The van der Waals surface area contributed by atoms with Gasteiger partial charge in [0, 0.05) is 33.4 Å². The van der Waals surface area contributed by atoms with Gasteiger partial charge in [0.2, 0.25) is 0 Å². The molecule has 0 aromatic carbocycles. The van der Waals surface area contributed by atoms with E-state index in [0.29, 0.717) is 31.5 Å². The number of likely N-dealkylation sites (tertiary alicyclic amines) is 1. The van der Waals surface area contributed by atoms with E-state index in [2.05, 4.69) is 10.3 Å². The molecule has 1 saturated heterocycles. The second kappa shape index (κ2) is 6.16. The van der Waals surface area contributed by atoms with Crippen molar-refractivity contribution in [2.45, 2.75) is 37.7 Å². The molecule has 0 unspecified atom stereocenters. The summed E-state index contributed by atoms with van der Waals surface area (Å²) in [6.45, 7) is 0.800. The Balaban J connectivity index is 1.76. The highest BCUT2D eigenvalue weighted by atomic mass is 19.1. The summed E-state index contributed by atoms with van der Waals surface area (Å²) < 4.78 is 21.4. The largest absolute Gasteiger partial charge is 0.379 e. The molecule has 22 heavy (non-hydrogen) atoms. The first-order valence-corrected chi connectivity index (χ1v) is 7.66. The van der Waals surface area contributed by atoms with E-state index in [1.54, 1.807) is 18.8 Å². The molecule has 2 atom stereocenters. The van der Waals surface area contributed by atoms with E-state index in [1.165, 1.54) is 4.90 Å². The number of ether oxygens (including phenoxy) is 1. The van der Waals surface area contributed by atoms with Gasteiger partial charge in [-0.2, -0.15) is 0 Å². The molecular weight excluding hydrogens is 287 g/mol. The van der Waals surface area contributed by atoms with Crippen LogP contribution in [0.5, 0.6) is 0 Å². The van der Waals surface area contributed by atoms with Crippen molar-refractivity contribution >= 4 is 5.91 Å². The normalized spacial score (nSPS) is 25.0. The molecular formula is C15H21FN4O2. The molecule has 0 radical (unpaired) electrons. The molecule has 0 bridgehead atoms. The SMILES string of the molecule is CO[C@@H]1CN(C(=O)C(F)=C2CCCC2)C[C@H]1c1cn(C)nn1. The van der Waals surface area contributed by atoms with E-state index < -0.39 is 11.7 Å². The molecule has 7 heteroatoms. The lowest BCUT2D eigenvalue weighted by Crippen LogP contribution is -2.30. The van der Waals surface area contributed by atoms with Gasteiger partial charge < -0.3 is 9.64 Å². The van der Waals surface area contributed by atoms with Crippen molar-refractivity contribution in [3.63, 3.8) is 0 Å². The van der Waals surface area contributed by atoms with E-state index in [9.17, 15) is 9.18 Å². The van der Waals surface area contributed by atoms with Crippen LogP contribution in [-0.4, -0.2) is 52.1 Å². The van der Waals surface area contributed by atoms with E-state index in [1.807, 2.05) is 6.20 Å². The smallest absolute Gasteiger partial charge is 0.282 e. The summed E-state index contributed by atoms with van der Waals surface area (Å²) in [6, 6.07) is 0. The Kier molecular flexibility index (Phi) is 4.24. The first kappa shape index (κ1) is 15.1. The van der Waals surface area contributed by atoms with Crippen LogP contribution in [0.25, 0.3) is 0 Å². The Bertz CT molecular complexity index is 590. The molecule has 1 aliphatic heterocycles. The molecule has 2 fully saturated rings. The van der Waals surface area contributed by atoms with Gasteiger partial charge >= 0.3 is 0 Å². The predicted molar refractivity (Wildman–Crippen MR) is 77.7 cm³/mol. The highest BCUT2D eigenvalue weighted by molar-refractivity contribution is 5.92. The standard InChI is InChI=1S/C15H21FN4O2/c1-19-8-12(17-18-19)11-7-20(9-13(11)22-2)15(21)14(16)10-5-3-4-6-10/h8,11,13H,3-7,9H2,1-2H3/t11-,13+/m0/s1. The van der Waals surface area contributed by atoms with Crippen LogP contribution in [0.3, 0.4) is 0 Å². The third-order valence-corrected chi connectivity index (χ3v) is 4.56. The minimum absolute atomic E-state index is 0.0657. The maximum atomic E-state index is 14.3. The van der Waals surface area contributed by atoms with E-state index in [0.717, 1.165) is 18.5 Å². The summed E-state index contributed by atoms with van der Waals surface area (Å²) in [5, 5.41) is 8.02. The van der Waals surface area contributed by atoms with Crippen molar-refractivity contribution in [2.24, 2.45) is 7.05 Å². The molecule has 120 valence electrons. The molecule has 6 nitrogen and oxygen atoms in total. The molecule has 1 amide bonds. The van der Waals surface area contributed by atoms with Crippen LogP contribution < -0.4 is 0 Å². The monoisotopic (exact) mass is 308 g/mol. The van der Waals surface area contributed by atoms with Gasteiger partial charge in [0.05, 0.1) is 17.7 Å². The third-order valence-electron chi connectivity index (χ3n) is 4.56. The average Bonchev–Trinajstić information content (AvgIpc) is 3.24. The van der Waals surface area contributed by atoms with Crippen molar-refractivity contribution in [1.82, 2.24) is 19.9 Å². The van der Waals surface area contributed by atoms with Gasteiger partial charge in [-0.3, -0.25) is 9.48 Å². The molecule has 2 aliphatic rings.